The highest BCUT2D eigenvalue weighted by molar-refractivity contribution is 6.30. The van der Waals surface area contributed by atoms with Gasteiger partial charge in [0.05, 0.1) is 5.69 Å². The highest BCUT2D eigenvalue weighted by Crippen LogP contribution is 2.27. The number of halogens is 1. The first kappa shape index (κ1) is 14.7. The van der Waals surface area contributed by atoms with Gasteiger partial charge in [0.1, 0.15) is 5.69 Å². The molecule has 0 unspecified atom stereocenters. The number of rotatable bonds is 3. The Hall–Kier alpha value is -2.92. The Bertz CT molecular complexity index is 1010. The summed E-state index contributed by atoms with van der Waals surface area (Å²) in [7, 11) is 0. The van der Waals surface area contributed by atoms with Crippen molar-refractivity contribution in [3.8, 4) is 34.2 Å². The van der Waals surface area contributed by atoms with Crippen molar-refractivity contribution in [3.05, 3.63) is 65.2 Å². The molecule has 0 saturated heterocycles. The zero-order valence-corrected chi connectivity index (χ0v) is 13.6. The second kappa shape index (κ2) is 5.94. The highest BCUT2D eigenvalue weighted by atomic mass is 35.5. The summed E-state index contributed by atoms with van der Waals surface area (Å²) in [6.07, 6.45) is 0. The van der Waals surface area contributed by atoms with E-state index in [0.717, 1.165) is 22.4 Å². The molecule has 0 fully saturated rings. The summed E-state index contributed by atoms with van der Waals surface area (Å²) in [5, 5.41) is 12.0. The fraction of sp³-hybridized carbons (Fsp3) is 0.0556. The summed E-state index contributed by atoms with van der Waals surface area (Å²) >= 11 is 6.03. The Labute approximate surface area is 143 Å². The Morgan fingerprint density at radius 3 is 2.75 bits per heavy atom. The minimum absolute atomic E-state index is 0.397. The van der Waals surface area contributed by atoms with Crippen molar-refractivity contribution in [1.29, 1.82) is 0 Å². The summed E-state index contributed by atoms with van der Waals surface area (Å²) in [5.41, 5.74) is 4.39. The molecule has 118 valence electrons. The average Bonchev–Trinajstić information content (AvgIpc) is 3.25. The van der Waals surface area contributed by atoms with Crippen LogP contribution >= 0.6 is 11.6 Å². The van der Waals surface area contributed by atoms with Crippen molar-refractivity contribution in [1.82, 2.24) is 20.3 Å². The number of hydrogen-bond acceptors (Lipinski definition) is 4. The quantitative estimate of drug-likeness (QED) is 0.586. The molecule has 24 heavy (non-hydrogen) atoms. The first-order chi connectivity index (χ1) is 11.7. The zero-order chi connectivity index (χ0) is 16.5. The van der Waals surface area contributed by atoms with Crippen molar-refractivity contribution in [2.24, 2.45) is 0 Å². The molecule has 0 aliphatic heterocycles. The Balaban J connectivity index is 1.68. The van der Waals surface area contributed by atoms with Gasteiger partial charge >= 0.3 is 0 Å². The van der Waals surface area contributed by atoms with Crippen molar-refractivity contribution in [3.63, 3.8) is 0 Å². The van der Waals surface area contributed by atoms with Crippen LogP contribution in [0, 0.1) is 6.92 Å². The molecule has 6 heteroatoms. The molecule has 0 spiro atoms. The third-order valence-electron chi connectivity index (χ3n) is 3.74. The molecule has 5 nitrogen and oxygen atoms in total. The standard InChI is InChI=1S/C18H13ClN4O/c1-11-5-2-3-8-14(11)17-20-18(24-23-17)16-10-15(21-22-16)12-6-4-7-13(19)9-12/h2-10H,1H3,(H,21,22). The summed E-state index contributed by atoms with van der Waals surface area (Å²) in [4.78, 5) is 4.46. The third-order valence-corrected chi connectivity index (χ3v) is 3.98. The number of aromatic amines is 1. The lowest BCUT2D eigenvalue weighted by molar-refractivity contribution is 0.431. The van der Waals surface area contributed by atoms with Crippen LogP contribution in [0.1, 0.15) is 5.56 Å². The van der Waals surface area contributed by atoms with E-state index in [1.165, 1.54) is 0 Å². The minimum Gasteiger partial charge on any atom is -0.332 e. The van der Waals surface area contributed by atoms with Crippen LogP contribution in [0.2, 0.25) is 5.02 Å². The second-order valence-electron chi connectivity index (χ2n) is 5.42. The molecule has 2 heterocycles. The van der Waals surface area contributed by atoms with E-state index in [1.54, 1.807) is 0 Å². The molecule has 4 rings (SSSR count). The topological polar surface area (TPSA) is 67.6 Å². The molecule has 0 saturated carbocycles. The second-order valence-corrected chi connectivity index (χ2v) is 5.85. The lowest BCUT2D eigenvalue weighted by Gasteiger charge is -1.97. The number of aromatic nitrogens is 4. The van der Waals surface area contributed by atoms with Gasteiger partial charge in [-0.2, -0.15) is 10.1 Å². The molecule has 0 radical (unpaired) electrons. The van der Waals surface area contributed by atoms with E-state index < -0.39 is 0 Å². The lowest BCUT2D eigenvalue weighted by atomic mass is 10.1. The Morgan fingerprint density at radius 2 is 1.92 bits per heavy atom. The van der Waals surface area contributed by atoms with Crippen LogP contribution in [0.5, 0.6) is 0 Å². The normalized spacial score (nSPS) is 10.9. The van der Waals surface area contributed by atoms with E-state index in [-0.39, 0.29) is 0 Å². The third kappa shape index (κ3) is 2.70. The summed E-state index contributed by atoms with van der Waals surface area (Å²) in [6.45, 7) is 2.01. The van der Waals surface area contributed by atoms with E-state index in [9.17, 15) is 0 Å². The van der Waals surface area contributed by atoms with Gasteiger partial charge < -0.3 is 4.52 Å². The molecule has 4 aromatic rings. The average molecular weight is 337 g/mol. The van der Waals surface area contributed by atoms with Crippen LogP contribution in [0.4, 0.5) is 0 Å². The Morgan fingerprint density at radius 1 is 1.04 bits per heavy atom. The van der Waals surface area contributed by atoms with E-state index in [1.807, 2.05) is 61.5 Å². The SMILES string of the molecule is Cc1ccccc1-c1noc(-c2cc(-c3cccc(Cl)c3)n[nH]2)n1. The zero-order valence-electron chi connectivity index (χ0n) is 12.8. The van der Waals surface area contributed by atoms with Gasteiger partial charge in [0.2, 0.25) is 5.82 Å². The monoisotopic (exact) mass is 336 g/mol. The molecule has 0 aliphatic carbocycles. The van der Waals surface area contributed by atoms with Crippen LogP contribution < -0.4 is 0 Å². The van der Waals surface area contributed by atoms with Gasteiger partial charge in [-0.15, -0.1) is 0 Å². The van der Waals surface area contributed by atoms with Crippen molar-refractivity contribution in [2.45, 2.75) is 6.92 Å². The minimum atomic E-state index is 0.397. The number of hydrogen-bond donors (Lipinski definition) is 1. The van der Waals surface area contributed by atoms with Crippen LogP contribution in [0.15, 0.2) is 59.1 Å². The van der Waals surface area contributed by atoms with Crippen LogP contribution in [-0.2, 0) is 0 Å². The molecule has 0 amide bonds. The van der Waals surface area contributed by atoms with Crippen LogP contribution in [-0.4, -0.2) is 20.3 Å². The van der Waals surface area contributed by atoms with Gasteiger partial charge in [-0.25, -0.2) is 0 Å². The number of nitrogens with one attached hydrogen (secondary N) is 1. The first-order valence-corrected chi connectivity index (χ1v) is 7.80. The van der Waals surface area contributed by atoms with Gasteiger partial charge in [0.15, 0.2) is 0 Å². The van der Waals surface area contributed by atoms with Gasteiger partial charge in [0.25, 0.3) is 5.89 Å². The van der Waals surface area contributed by atoms with Gasteiger partial charge in [-0.05, 0) is 30.7 Å². The van der Waals surface area contributed by atoms with E-state index in [4.69, 9.17) is 16.1 Å². The molecule has 0 bridgehead atoms. The van der Waals surface area contributed by atoms with Gasteiger partial charge in [0, 0.05) is 16.1 Å². The Kier molecular flexibility index (Phi) is 3.63. The number of nitrogens with zero attached hydrogens (tertiary/aromatic N) is 3. The van der Waals surface area contributed by atoms with Crippen molar-refractivity contribution in [2.75, 3.05) is 0 Å². The molecular weight excluding hydrogens is 324 g/mol. The van der Waals surface area contributed by atoms with Crippen molar-refractivity contribution >= 4 is 11.6 Å². The molecule has 0 atom stereocenters. The fourth-order valence-electron chi connectivity index (χ4n) is 2.49. The number of H-pyrrole nitrogens is 1. The highest BCUT2D eigenvalue weighted by Gasteiger charge is 2.15. The smallest absolute Gasteiger partial charge is 0.276 e. The summed E-state index contributed by atoms with van der Waals surface area (Å²) in [5.74, 6) is 0.955. The van der Waals surface area contributed by atoms with Crippen LogP contribution in [0.25, 0.3) is 34.2 Å². The molecular formula is C18H13ClN4O. The molecule has 1 N–H and O–H groups in total. The first-order valence-electron chi connectivity index (χ1n) is 7.42. The van der Waals surface area contributed by atoms with E-state index in [2.05, 4.69) is 20.3 Å². The maximum absolute atomic E-state index is 6.03. The molecule has 2 aromatic heterocycles. The predicted molar refractivity (Wildman–Crippen MR) is 92.5 cm³/mol. The lowest BCUT2D eigenvalue weighted by Crippen LogP contribution is -1.84. The fourth-order valence-corrected chi connectivity index (χ4v) is 2.68. The van der Waals surface area contributed by atoms with E-state index >= 15 is 0 Å². The maximum Gasteiger partial charge on any atom is 0.276 e. The maximum atomic E-state index is 6.03. The summed E-state index contributed by atoms with van der Waals surface area (Å²) in [6, 6.07) is 17.3. The number of aryl methyl sites for hydroxylation is 1. The van der Waals surface area contributed by atoms with E-state index in [0.29, 0.717) is 22.4 Å². The molecule has 2 aromatic carbocycles. The largest absolute Gasteiger partial charge is 0.332 e. The van der Waals surface area contributed by atoms with Crippen molar-refractivity contribution < 1.29 is 4.52 Å². The van der Waals surface area contributed by atoms with Gasteiger partial charge in [-0.1, -0.05) is 53.2 Å². The number of benzene rings is 2. The predicted octanol–water partition coefficient (Wildman–Crippen LogP) is 4.76. The van der Waals surface area contributed by atoms with Crippen LogP contribution in [0.3, 0.4) is 0 Å². The van der Waals surface area contributed by atoms with Gasteiger partial charge in [-0.3, -0.25) is 5.10 Å². The molecule has 0 aliphatic rings. The summed E-state index contributed by atoms with van der Waals surface area (Å²) < 4.78 is 5.37.